The Labute approximate surface area is 338 Å². The fourth-order valence-corrected chi connectivity index (χ4v) is 6.51. The molecule has 4 aromatic rings. The van der Waals surface area contributed by atoms with E-state index >= 15 is 0 Å². The molecule has 2 saturated heterocycles. The van der Waals surface area contributed by atoms with Gasteiger partial charge in [0.15, 0.2) is 52.7 Å². The SMILES string of the molecule is COc1cc(/C=C/C(=O)O[C@H]2[C@H](OC[C@H]3O[C@@H](Oc4c(-c5ccc(O)c(OC)c5)oc5cc(O)c(OC)c(O)c5c4=O)[C@H](O)[C@@H](O)[C@@H]3O)O[C@H](CO)[C@@H](O)[C@@H]2O)ccc1O. The van der Waals surface area contributed by atoms with Gasteiger partial charge in [-0.25, -0.2) is 4.79 Å². The summed E-state index contributed by atoms with van der Waals surface area (Å²) < 4.78 is 49.5. The quantitative estimate of drug-likeness (QED) is 0.0603. The van der Waals surface area contributed by atoms with E-state index < -0.39 is 120 Å². The van der Waals surface area contributed by atoms with Crippen LogP contribution in [0.2, 0.25) is 0 Å². The molecule has 0 aliphatic carbocycles. The maximum Gasteiger partial charge on any atom is 0.331 e. The number of methoxy groups -OCH3 is 3. The average Bonchev–Trinajstić information content (AvgIpc) is 3.23. The Morgan fingerprint density at radius 2 is 1.38 bits per heavy atom. The van der Waals surface area contributed by atoms with Gasteiger partial charge in [0.1, 0.15) is 53.7 Å². The normalized spacial score (nSPS) is 26.8. The minimum atomic E-state index is -2.08. The van der Waals surface area contributed by atoms with Crippen LogP contribution in [0.3, 0.4) is 0 Å². The second-order valence-electron chi connectivity index (χ2n) is 13.5. The smallest absolute Gasteiger partial charge is 0.331 e. The summed E-state index contributed by atoms with van der Waals surface area (Å²) >= 11 is 0. The van der Waals surface area contributed by atoms with Gasteiger partial charge in [-0.05, 0) is 42.0 Å². The van der Waals surface area contributed by atoms with Crippen molar-refractivity contribution >= 4 is 23.0 Å². The highest BCUT2D eigenvalue weighted by molar-refractivity contribution is 5.91. The van der Waals surface area contributed by atoms with Crippen molar-refractivity contribution in [2.75, 3.05) is 34.5 Å². The summed E-state index contributed by atoms with van der Waals surface area (Å²) in [5, 5.41) is 105. The van der Waals surface area contributed by atoms with E-state index in [0.717, 1.165) is 19.3 Å². The Morgan fingerprint density at radius 3 is 2.05 bits per heavy atom. The largest absolute Gasteiger partial charge is 0.504 e. The molecule has 0 spiro atoms. The topological polar surface area (TPSA) is 323 Å². The number of aliphatic hydroxyl groups is 6. The molecule has 6 rings (SSSR count). The van der Waals surface area contributed by atoms with Gasteiger partial charge in [0, 0.05) is 17.7 Å². The molecule has 1 aromatic heterocycles. The average molecular weight is 847 g/mol. The molecule has 0 bridgehead atoms. The van der Waals surface area contributed by atoms with E-state index in [1.807, 2.05) is 0 Å². The molecule has 324 valence electrons. The highest BCUT2D eigenvalue weighted by Gasteiger charge is 2.50. The van der Waals surface area contributed by atoms with Crippen molar-refractivity contribution in [3.8, 4) is 57.3 Å². The zero-order valence-corrected chi connectivity index (χ0v) is 31.8. The number of rotatable bonds is 13. The summed E-state index contributed by atoms with van der Waals surface area (Å²) in [7, 11) is 3.69. The van der Waals surface area contributed by atoms with E-state index in [0.29, 0.717) is 5.56 Å². The molecule has 60 heavy (non-hydrogen) atoms. The van der Waals surface area contributed by atoms with Gasteiger partial charge in [-0.2, -0.15) is 0 Å². The molecule has 0 saturated carbocycles. The van der Waals surface area contributed by atoms with Crippen LogP contribution in [0.25, 0.3) is 28.4 Å². The van der Waals surface area contributed by atoms with E-state index in [1.54, 1.807) is 0 Å². The number of carbonyl (C=O) groups excluding carboxylic acids is 1. The maximum atomic E-state index is 14.1. The van der Waals surface area contributed by atoms with E-state index in [-0.39, 0.29) is 34.1 Å². The van der Waals surface area contributed by atoms with Crippen LogP contribution in [0.15, 0.2) is 57.8 Å². The van der Waals surface area contributed by atoms with Crippen molar-refractivity contribution in [2.24, 2.45) is 0 Å². The van der Waals surface area contributed by atoms with Crippen LogP contribution in [0.4, 0.5) is 0 Å². The van der Waals surface area contributed by atoms with Crippen molar-refractivity contribution in [1.29, 1.82) is 0 Å². The Hall–Kier alpha value is -5.88. The summed E-state index contributed by atoms with van der Waals surface area (Å²) in [5.74, 6) is -4.55. The van der Waals surface area contributed by atoms with Crippen LogP contribution in [0.1, 0.15) is 5.56 Å². The summed E-state index contributed by atoms with van der Waals surface area (Å²) in [4.78, 5) is 27.0. The fraction of sp³-hybridized carbons (Fsp3) is 0.385. The number of aromatic hydroxyl groups is 4. The van der Waals surface area contributed by atoms with Crippen LogP contribution in [0, 0.1) is 0 Å². The molecule has 2 fully saturated rings. The van der Waals surface area contributed by atoms with Gasteiger partial charge in [-0.1, -0.05) is 6.07 Å². The molecule has 3 aromatic carbocycles. The lowest BCUT2D eigenvalue weighted by molar-refractivity contribution is -0.324. The highest BCUT2D eigenvalue weighted by Crippen LogP contribution is 2.44. The van der Waals surface area contributed by atoms with Gasteiger partial charge in [0.2, 0.25) is 23.2 Å². The van der Waals surface area contributed by atoms with E-state index in [4.69, 9.17) is 42.3 Å². The van der Waals surface area contributed by atoms with E-state index in [1.165, 1.54) is 56.7 Å². The number of hydrogen-bond acceptors (Lipinski definition) is 21. The Morgan fingerprint density at radius 1 is 0.733 bits per heavy atom. The lowest BCUT2D eigenvalue weighted by atomic mass is 9.98. The number of carbonyl (C=O) groups is 1. The highest BCUT2D eigenvalue weighted by atomic mass is 16.7. The number of hydrogen-bond donors (Lipinski definition) is 10. The standard InChI is InChI=1S/C39H42O21/c1-52-20-10-15(4-7-17(20)41)5-9-25(44)59-37-32(50)27(45)23(13-40)57-39(37)55-14-24-28(46)31(49)33(51)38(58-24)60-36-30(48)26-22(12-19(43)35(54-3)29(26)47)56-34(36)16-6-8-18(42)21(11-16)53-2/h4-12,23-24,27-28,31-33,37-43,45-47,49-51H,13-14H2,1-3H3/b9-5+/t23-,24-,27-,28-,31+,32+,33-,37-,38+,39-/m1/s1. The van der Waals surface area contributed by atoms with Crippen molar-refractivity contribution in [3.05, 3.63) is 64.3 Å². The first-order valence-corrected chi connectivity index (χ1v) is 17.9. The Bertz CT molecular complexity index is 2270. The van der Waals surface area contributed by atoms with Crippen LogP contribution >= 0.6 is 0 Å². The third kappa shape index (κ3) is 8.56. The molecule has 21 nitrogen and oxygen atoms in total. The molecule has 0 radical (unpaired) electrons. The van der Waals surface area contributed by atoms with Crippen LogP contribution in [0.5, 0.6) is 46.0 Å². The van der Waals surface area contributed by atoms with Crippen molar-refractivity contribution < 1.29 is 98.2 Å². The molecule has 10 atom stereocenters. The molecule has 2 aliphatic rings. The Kier molecular flexibility index (Phi) is 13.2. The summed E-state index contributed by atoms with van der Waals surface area (Å²) in [6, 6.07) is 8.93. The molecule has 0 amide bonds. The minimum Gasteiger partial charge on any atom is -0.504 e. The summed E-state index contributed by atoms with van der Waals surface area (Å²) in [6.07, 6.45) is -16.1. The molecule has 10 N–H and O–H groups in total. The van der Waals surface area contributed by atoms with E-state index in [9.17, 15) is 60.7 Å². The first-order valence-electron chi connectivity index (χ1n) is 17.9. The fourth-order valence-electron chi connectivity index (χ4n) is 6.51. The zero-order chi connectivity index (χ0) is 43.6. The van der Waals surface area contributed by atoms with Gasteiger partial charge in [0.25, 0.3) is 0 Å². The molecule has 2 aliphatic heterocycles. The van der Waals surface area contributed by atoms with Crippen molar-refractivity contribution in [2.45, 2.75) is 61.4 Å². The molecule has 0 unspecified atom stereocenters. The number of fused-ring (bicyclic) bond motifs is 1. The van der Waals surface area contributed by atoms with Crippen LogP contribution < -0.4 is 24.4 Å². The molecular weight excluding hydrogens is 804 g/mol. The lowest BCUT2D eigenvalue weighted by Gasteiger charge is -2.43. The minimum absolute atomic E-state index is 0.0334. The first-order chi connectivity index (χ1) is 28.6. The van der Waals surface area contributed by atoms with Crippen molar-refractivity contribution in [3.63, 3.8) is 0 Å². The summed E-state index contributed by atoms with van der Waals surface area (Å²) in [6.45, 7) is -1.60. The lowest BCUT2D eigenvalue weighted by Crippen LogP contribution is -2.62. The van der Waals surface area contributed by atoms with Crippen LogP contribution in [-0.4, -0.2) is 153 Å². The van der Waals surface area contributed by atoms with Gasteiger partial charge < -0.3 is 93.4 Å². The van der Waals surface area contributed by atoms with E-state index in [2.05, 4.69) is 0 Å². The number of phenolic OH excluding ortho intramolecular Hbond substituents is 4. The number of phenols is 4. The van der Waals surface area contributed by atoms with Gasteiger partial charge in [-0.15, -0.1) is 0 Å². The van der Waals surface area contributed by atoms with Gasteiger partial charge in [-0.3, -0.25) is 4.79 Å². The predicted octanol–water partition coefficient (Wildman–Crippen LogP) is -0.425. The second-order valence-corrected chi connectivity index (χ2v) is 13.5. The molecule has 21 heteroatoms. The van der Waals surface area contributed by atoms with Crippen LogP contribution in [-0.2, 0) is 23.7 Å². The van der Waals surface area contributed by atoms with Gasteiger partial charge in [0.05, 0.1) is 34.5 Å². The zero-order valence-electron chi connectivity index (χ0n) is 31.8. The predicted molar refractivity (Wildman–Crippen MR) is 201 cm³/mol. The monoisotopic (exact) mass is 846 g/mol. The number of aliphatic hydroxyl groups excluding tert-OH is 6. The number of esters is 1. The maximum absolute atomic E-state index is 14.1. The molecule has 3 heterocycles. The van der Waals surface area contributed by atoms with Gasteiger partial charge >= 0.3 is 5.97 Å². The molecular formula is C39H42O21. The van der Waals surface area contributed by atoms with Crippen molar-refractivity contribution in [1.82, 2.24) is 0 Å². The second kappa shape index (κ2) is 18.2. The summed E-state index contributed by atoms with van der Waals surface area (Å²) in [5.41, 5.74) is -1.02. The first kappa shape index (κ1) is 43.7. The number of ether oxygens (including phenoxy) is 8. The third-order valence-corrected chi connectivity index (χ3v) is 9.72. The third-order valence-electron chi connectivity index (χ3n) is 9.72. The number of benzene rings is 3. The Balaban J connectivity index is 1.28.